The van der Waals surface area contributed by atoms with E-state index in [0.29, 0.717) is 0 Å². The molecule has 0 fully saturated rings. The molecule has 0 spiro atoms. The number of pyridine rings is 1. The summed E-state index contributed by atoms with van der Waals surface area (Å²) in [6, 6.07) is 9.31. The SMILES string of the molecule is CN(C)S(=O)(=O)c1cccc(C(=O)N/N=C\c2cccnc2)c1. The summed E-state index contributed by atoms with van der Waals surface area (Å²) in [6.07, 6.45) is 4.68. The molecule has 1 heterocycles. The number of carbonyl (C=O) groups excluding carboxylic acids is 1. The molecule has 0 radical (unpaired) electrons. The number of rotatable bonds is 5. The van der Waals surface area contributed by atoms with Crippen LogP contribution in [0.25, 0.3) is 0 Å². The summed E-state index contributed by atoms with van der Waals surface area (Å²) in [5.74, 6) is -0.499. The average Bonchev–Trinajstić information content (AvgIpc) is 2.55. The average molecular weight is 332 g/mol. The third-order valence-electron chi connectivity index (χ3n) is 2.94. The molecule has 0 bridgehead atoms. The predicted molar refractivity (Wildman–Crippen MR) is 86.6 cm³/mol. The predicted octanol–water partition coefficient (Wildman–Crippen LogP) is 1.10. The van der Waals surface area contributed by atoms with Crippen LogP contribution in [0.4, 0.5) is 0 Å². The van der Waals surface area contributed by atoms with Gasteiger partial charge in [-0.1, -0.05) is 12.1 Å². The van der Waals surface area contributed by atoms with Gasteiger partial charge in [0.25, 0.3) is 5.91 Å². The smallest absolute Gasteiger partial charge is 0.267 e. The summed E-state index contributed by atoms with van der Waals surface area (Å²) in [5, 5.41) is 3.82. The Morgan fingerprint density at radius 2 is 2.04 bits per heavy atom. The molecule has 0 aliphatic heterocycles. The van der Waals surface area contributed by atoms with Gasteiger partial charge >= 0.3 is 0 Å². The highest BCUT2D eigenvalue weighted by molar-refractivity contribution is 7.89. The lowest BCUT2D eigenvalue weighted by molar-refractivity contribution is 0.0955. The Bertz CT molecular complexity index is 818. The van der Waals surface area contributed by atoms with Crippen LogP contribution in [0.3, 0.4) is 0 Å². The number of nitrogens with one attached hydrogen (secondary N) is 1. The van der Waals surface area contributed by atoms with E-state index in [2.05, 4.69) is 15.5 Å². The van der Waals surface area contributed by atoms with E-state index in [1.807, 2.05) is 0 Å². The number of hydrogen-bond acceptors (Lipinski definition) is 5. The van der Waals surface area contributed by atoms with Gasteiger partial charge in [0, 0.05) is 37.6 Å². The fourth-order valence-corrected chi connectivity index (χ4v) is 2.64. The van der Waals surface area contributed by atoms with Crippen molar-refractivity contribution in [2.75, 3.05) is 14.1 Å². The molecule has 1 aromatic carbocycles. The Morgan fingerprint density at radius 3 is 2.70 bits per heavy atom. The Kier molecular flexibility index (Phi) is 5.20. The van der Waals surface area contributed by atoms with E-state index in [0.717, 1.165) is 9.87 Å². The molecule has 0 atom stereocenters. The number of nitrogens with zero attached hydrogens (tertiary/aromatic N) is 3. The summed E-state index contributed by atoms with van der Waals surface area (Å²) < 4.78 is 25.2. The van der Waals surface area contributed by atoms with Crippen LogP contribution in [0, 0.1) is 0 Å². The minimum Gasteiger partial charge on any atom is -0.267 e. The number of amides is 1. The molecule has 1 N–H and O–H groups in total. The summed E-state index contributed by atoms with van der Waals surface area (Å²) in [7, 11) is -0.728. The monoisotopic (exact) mass is 332 g/mol. The van der Waals surface area contributed by atoms with Crippen molar-refractivity contribution in [1.82, 2.24) is 14.7 Å². The molecular weight excluding hydrogens is 316 g/mol. The van der Waals surface area contributed by atoms with Crippen LogP contribution in [0.15, 0.2) is 58.8 Å². The van der Waals surface area contributed by atoms with Crippen LogP contribution in [-0.2, 0) is 10.0 Å². The van der Waals surface area contributed by atoms with Gasteiger partial charge in [-0.25, -0.2) is 18.1 Å². The number of sulfonamides is 1. The van der Waals surface area contributed by atoms with Crippen molar-refractivity contribution in [2.24, 2.45) is 5.10 Å². The first-order chi connectivity index (χ1) is 10.9. The second kappa shape index (κ2) is 7.12. The number of hydrazone groups is 1. The third kappa shape index (κ3) is 4.21. The van der Waals surface area contributed by atoms with Crippen molar-refractivity contribution in [1.29, 1.82) is 0 Å². The van der Waals surface area contributed by atoms with Crippen LogP contribution >= 0.6 is 0 Å². The Balaban J connectivity index is 2.13. The number of aromatic nitrogens is 1. The molecule has 120 valence electrons. The van der Waals surface area contributed by atoms with Crippen molar-refractivity contribution in [3.63, 3.8) is 0 Å². The molecule has 0 saturated heterocycles. The minimum atomic E-state index is -3.59. The third-order valence-corrected chi connectivity index (χ3v) is 4.75. The van der Waals surface area contributed by atoms with Crippen molar-refractivity contribution < 1.29 is 13.2 Å². The standard InChI is InChI=1S/C15H16N4O3S/c1-19(2)23(21,22)14-7-3-6-13(9-14)15(20)18-17-11-12-5-4-8-16-10-12/h3-11H,1-2H3,(H,18,20)/b17-11-. The maximum atomic E-state index is 12.1. The maximum absolute atomic E-state index is 12.1. The zero-order valence-electron chi connectivity index (χ0n) is 12.7. The molecular formula is C15H16N4O3S. The fraction of sp³-hybridized carbons (Fsp3) is 0.133. The lowest BCUT2D eigenvalue weighted by Crippen LogP contribution is -2.23. The van der Waals surface area contributed by atoms with Crippen LogP contribution in [-0.4, -0.2) is 43.9 Å². The van der Waals surface area contributed by atoms with Gasteiger partial charge in [0.15, 0.2) is 0 Å². The molecule has 8 heteroatoms. The zero-order chi connectivity index (χ0) is 16.9. The van der Waals surface area contributed by atoms with Gasteiger partial charge in [0.05, 0.1) is 11.1 Å². The van der Waals surface area contributed by atoms with Gasteiger partial charge in [-0.05, 0) is 24.3 Å². The first-order valence-corrected chi connectivity index (χ1v) is 8.11. The van der Waals surface area contributed by atoms with Crippen LogP contribution in [0.2, 0.25) is 0 Å². The van der Waals surface area contributed by atoms with Crippen molar-refractivity contribution >= 4 is 22.1 Å². The molecule has 2 aromatic rings. The van der Waals surface area contributed by atoms with E-state index in [1.54, 1.807) is 24.5 Å². The van der Waals surface area contributed by atoms with E-state index >= 15 is 0 Å². The molecule has 0 aliphatic carbocycles. The van der Waals surface area contributed by atoms with Crippen LogP contribution in [0.1, 0.15) is 15.9 Å². The van der Waals surface area contributed by atoms with Crippen LogP contribution < -0.4 is 5.43 Å². The van der Waals surface area contributed by atoms with Gasteiger partial charge in [-0.15, -0.1) is 0 Å². The van der Waals surface area contributed by atoms with Gasteiger partial charge in [-0.3, -0.25) is 9.78 Å². The van der Waals surface area contributed by atoms with Gasteiger partial charge in [0.1, 0.15) is 0 Å². The summed E-state index contributed by atoms with van der Waals surface area (Å²) >= 11 is 0. The lowest BCUT2D eigenvalue weighted by Gasteiger charge is -2.11. The molecule has 0 aliphatic rings. The summed E-state index contributed by atoms with van der Waals surface area (Å²) in [4.78, 5) is 16.0. The van der Waals surface area contributed by atoms with Crippen molar-refractivity contribution in [2.45, 2.75) is 4.90 Å². The molecule has 2 rings (SSSR count). The van der Waals surface area contributed by atoms with E-state index < -0.39 is 15.9 Å². The first-order valence-electron chi connectivity index (χ1n) is 6.67. The van der Waals surface area contributed by atoms with Gasteiger partial charge in [0.2, 0.25) is 10.0 Å². The molecule has 0 unspecified atom stereocenters. The van der Waals surface area contributed by atoms with Crippen molar-refractivity contribution in [3.05, 3.63) is 59.9 Å². The van der Waals surface area contributed by atoms with E-state index in [4.69, 9.17) is 0 Å². The van der Waals surface area contributed by atoms with E-state index in [9.17, 15) is 13.2 Å². The second-order valence-electron chi connectivity index (χ2n) is 4.80. The largest absolute Gasteiger partial charge is 0.271 e. The topological polar surface area (TPSA) is 91.7 Å². The lowest BCUT2D eigenvalue weighted by atomic mass is 10.2. The van der Waals surface area contributed by atoms with E-state index in [1.165, 1.54) is 44.6 Å². The summed E-state index contributed by atoms with van der Waals surface area (Å²) in [5.41, 5.74) is 3.29. The maximum Gasteiger partial charge on any atom is 0.271 e. The molecule has 0 saturated carbocycles. The van der Waals surface area contributed by atoms with Gasteiger partial charge in [-0.2, -0.15) is 5.10 Å². The fourth-order valence-electron chi connectivity index (χ4n) is 1.69. The molecule has 7 nitrogen and oxygen atoms in total. The molecule has 23 heavy (non-hydrogen) atoms. The normalized spacial score (nSPS) is 11.8. The van der Waals surface area contributed by atoms with E-state index in [-0.39, 0.29) is 10.5 Å². The number of benzene rings is 1. The quantitative estimate of drug-likeness (QED) is 0.655. The number of carbonyl (C=O) groups is 1. The Labute approximate surface area is 134 Å². The molecule has 1 aromatic heterocycles. The minimum absolute atomic E-state index is 0.0476. The first kappa shape index (κ1) is 16.8. The highest BCUT2D eigenvalue weighted by atomic mass is 32.2. The van der Waals surface area contributed by atoms with Crippen molar-refractivity contribution in [3.8, 4) is 0 Å². The second-order valence-corrected chi connectivity index (χ2v) is 6.95. The Morgan fingerprint density at radius 1 is 1.26 bits per heavy atom. The highest BCUT2D eigenvalue weighted by Crippen LogP contribution is 2.14. The molecule has 1 amide bonds. The number of hydrogen-bond donors (Lipinski definition) is 1. The zero-order valence-corrected chi connectivity index (χ0v) is 13.5. The highest BCUT2D eigenvalue weighted by Gasteiger charge is 2.18. The van der Waals surface area contributed by atoms with Crippen LogP contribution in [0.5, 0.6) is 0 Å². The Hall–Kier alpha value is -2.58. The van der Waals surface area contributed by atoms with Gasteiger partial charge < -0.3 is 0 Å². The summed E-state index contributed by atoms with van der Waals surface area (Å²) in [6.45, 7) is 0.